The first kappa shape index (κ1) is 23.4. The number of aromatic amines is 1. The van der Waals surface area contributed by atoms with Crippen molar-refractivity contribution in [2.24, 2.45) is 0 Å². The van der Waals surface area contributed by atoms with Crippen LogP contribution >= 0.6 is 47.0 Å². The maximum atomic E-state index is 6.53. The van der Waals surface area contributed by atoms with E-state index < -0.39 is 0 Å². The molecule has 0 saturated carbocycles. The van der Waals surface area contributed by atoms with Gasteiger partial charge in [0.2, 0.25) is 4.77 Å². The van der Waals surface area contributed by atoms with E-state index in [1.807, 2.05) is 48.5 Å². The number of nitrogens with one attached hydrogen (secondary N) is 2. The predicted molar refractivity (Wildman–Crippen MR) is 135 cm³/mol. The van der Waals surface area contributed by atoms with Crippen LogP contribution in [0, 0.1) is 4.77 Å². The number of halogens is 3. The first-order chi connectivity index (χ1) is 16.0. The van der Waals surface area contributed by atoms with Crippen molar-refractivity contribution in [1.82, 2.24) is 14.9 Å². The molecule has 0 bridgehead atoms. The van der Waals surface area contributed by atoms with Gasteiger partial charge in [0.15, 0.2) is 17.3 Å². The lowest BCUT2D eigenvalue weighted by molar-refractivity contribution is 0.284. The van der Waals surface area contributed by atoms with Gasteiger partial charge in [0.05, 0.1) is 28.7 Å². The second kappa shape index (κ2) is 10.5. The third kappa shape index (κ3) is 5.45. The topological polar surface area (TPSA) is 64.1 Å². The Kier molecular flexibility index (Phi) is 7.45. The molecule has 4 rings (SSSR count). The van der Waals surface area contributed by atoms with E-state index in [0.717, 1.165) is 16.7 Å². The summed E-state index contributed by atoms with van der Waals surface area (Å²) in [5.41, 5.74) is 5.94. The van der Waals surface area contributed by atoms with Crippen LogP contribution in [0.4, 0.5) is 0 Å². The zero-order chi connectivity index (χ0) is 23.4. The van der Waals surface area contributed by atoms with E-state index in [-0.39, 0.29) is 6.61 Å². The number of H-pyrrole nitrogens is 1. The number of hydrogen-bond donors (Lipinski definition) is 2. The van der Waals surface area contributed by atoms with Gasteiger partial charge >= 0.3 is 0 Å². The molecule has 0 unspecified atom stereocenters. The molecular formula is C23H19Cl3N4O2S. The summed E-state index contributed by atoms with van der Waals surface area (Å²) in [4.78, 5) is 0. The molecule has 3 aromatic carbocycles. The van der Waals surface area contributed by atoms with E-state index in [9.17, 15) is 0 Å². The number of benzene rings is 3. The first-order valence-electron chi connectivity index (χ1n) is 9.86. The zero-order valence-corrected chi connectivity index (χ0v) is 20.5. The lowest BCUT2D eigenvalue weighted by Crippen LogP contribution is -2.16. The summed E-state index contributed by atoms with van der Waals surface area (Å²) < 4.78 is 13.6. The Morgan fingerprint density at radius 2 is 1.73 bits per heavy atom. The fourth-order valence-corrected chi connectivity index (χ4v) is 4.00. The summed E-state index contributed by atoms with van der Waals surface area (Å²) in [6.07, 6.45) is 0. The summed E-state index contributed by atoms with van der Waals surface area (Å²) in [6, 6.07) is 18.7. The van der Waals surface area contributed by atoms with Crippen molar-refractivity contribution >= 4 is 47.0 Å². The Bertz CT molecular complexity index is 1330. The van der Waals surface area contributed by atoms with E-state index in [4.69, 9.17) is 56.5 Å². The molecule has 4 aromatic rings. The van der Waals surface area contributed by atoms with Gasteiger partial charge in [-0.15, -0.1) is 0 Å². The molecule has 0 aliphatic rings. The molecule has 1 aromatic heterocycles. The van der Waals surface area contributed by atoms with E-state index in [2.05, 4.69) is 15.6 Å². The minimum Gasteiger partial charge on any atom is -0.493 e. The second-order valence-corrected chi connectivity index (χ2v) is 8.64. The Morgan fingerprint density at radius 3 is 2.45 bits per heavy atom. The van der Waals surface area contributed by atoms with E-state index >= 15 is 0 Å². The molecule has 0 aliphatic carbocycles. The normalized spacial score (nSPS) is 10.8. The monoisotopic (exact) mass is 520 g/mol. The van der Waals surface area contributed by atoms with Crippen molar-refractivity contribution in [3.05, 3.63) is 91.6 Å². The maximum absolute atomic E-state index is 6.53. The third-order valence-corrected chi connectivity index (χ3v) is 6.10. The van der Waals surface area contributed by atoms with Crippen LogP contribution in [-0.4, -0.2) is 22.0 Å². The summed E-state index contributed by atoms with van der Waals surface area (Å²) in [5, 5.41) is 8.51. The smallest absolute Gasteiger partial charge is 0.214 e. The molecular weight excluding hydrogens is 503 g/mol. The molecule has 33 heavy (non-hydrogen) atoms. The van der Waals surface area contributed by atoms with Gasteiger partial charge in [-0.05, 0) is 47.6 Å². The van der Waals surface area contributed by atoms with Crippen LogP contribution in [0.15, 0.2) is 60.7 Å². The zero-order valence-electron chi connectivity index (χ0n) is 17.4. The molecule has 0 amide bonds. The SMILES string of the molecule is COc1cc(CNn2c(-c3ccccc3)n[nH]c2=S)cc(Cl)c1OCc1ccc(Cl)c(Cl)c1. The maximum Gasteiger partial charge on any atom is 0.214 e. The molecule has 0 aliphatic heterocycles. The fraction of sp³-hybridized carbons (Fsp3) is 0.130. The quantitative estimate of drug-likeness (QED) is 0.247. The molecule has 0 spiro atoms. The van der Waals surface area contributed by atoms with Gasteiger partial charge in [0, 0.05) is 5.56 Å². The standard InChI is InChI=1S/C23H19Cl3N4O2S/c1-31-20-11-15(10-19(26)21(20)32-13-14-7-8-17(24)18(25)9-14)12-27-30-22(28-29-23(30)33)16-5-3-2-4-6-16/h2-11,27H,12-13H2,1H3,(H,29,33). The van der Waals surface area contributed by atoms with Gasteiger partial charge in [0.1, 0.15) is 6.61 Å². The summed E-state index contributed by atoms with van der Waals surface area (Å²) >= 11 is 24.0. The molecule has 0 fully saturated rings. The first-order valence-corrected chi connectivity index (χ1v) is 11.4. The van der Waals surface area contributed by atoms with Crippen LogP contribution in [0.25, 0.3) is 11.4 Å². The average molecular weight is 522 g/mol. The van der Waals surface area contributed by atoms with Crippen LogP contribution in [0.2, 0.25) is 15.1 Å². The molecule has 6 nitrogen and oxygen atoms in total. The van der Waals surface area contributed by atoms with Crippen molar-refractivity contribution in [2.75, 3.05) is 12.5 Å². The molecule has 0 saturated heterocycles. The van der Waals surface area contributed by atoms with Crippen LogP contribution in [0.5, 0.6) is 11.5 Å². The molecule has 170 valence electrons. The summed E-state index contributed by atoms with van der Waals surface area (Å²) in [5.74, 6) is 1.64. The summed E-state index contributed by atoms with van der Waals surface area (Å²) in [6.45, 7) is 0.687. The fourth-order valence-electron chi connectivity index (χ4n) is 3.20. The Morgan fingerprint density at radius 1 is 0.970 bits per heavy atom. The van der Waals surface area contributed by atoms with Crippen LogP contribution in [0.1, 0.15) is 11.1 Å². The molecule has 2 N–H and O–H groups in total. The van der Waals surface area contributed by atoms with Crippen molar-refractivity contribution in [2.45, 2.75) is 13.2 Å². The van der Waals surface area contributed by atoms with Crippen LogP contribution < -0.4 is 14.9 Å². The second-order valence-electron chi connectivity index (χ2n) is 7.03. The highest BCUT2D eigenvalue weighted by molar-refractivity contribution is 7.71. The van der Waals surface area contributed by atoms with E-state index in [1.165, 1.54) is 0 Å². The minimum atomic E-state index is 0.259. The Hall–Kier alpha value is -2.71. The van der Waals surface area contributed by atoms with Gasteiger partial charge in [0.25, 0.3) is 0 Å². The number of methoxy groups -OCH3 is 1. The van der Waals surface area contributed by atoms with Crippen LogP contribution in [-0.2, 0) is 13.2 Å². The number of hydrogen-bond acceptors (Lipinski definition) is 5. The van der Waals surface area contributed by atoms with Gasteiger partial charge in [-0.25, -0.2) is 9.77 Å². The highest BCUT2D eigenvalue weighted by atomic mass is 35.5. The largest absolute Gasteiger partial charge is 0.493 e. The number of ether oxygens (including phenoxy) is 2. The van der Waals surface area contributed by atoms with Crippen molar-refractivity contribution in [3.8, 4) is 22.9 Å². The van der Waals surface area contributed by atoms with Gasteiger partial charge in [-0.1, -0.05) is 71.2 Å². The lowest BCUT2D eigenvalue weighted by atomic mass is 10.2. The Labute approximate surface area is 211 Å². The minimum absolute atomic E-state index is 0.259. The summed E-state index contributed by atoms with van der Waals surface area (Å²) in [7, 11) is 1.56. The molecule has 1 heterocycles. The molecule has 10 heteroatoms. The van der Waals surface area contributed by atoms with Gasteiger partial charge in [-0.3, -0.25) is 0 Å². The highest BCUT2D eigenvalue weighted by Crippen LogP contribution is 2.37. The van der Waals surface area contributed by atoms with E-state index in [0.29, 0.717) is 43.7 Å². The number of aromatic nitrogens is 3. The van der Waals surface area contributed by atoms with Crippen molar-refractivity contribution in [3.63, 3.8) is 0 Å². The van der Waals surface area contributed by atoms with Gasteiger partial charge < -0.3 is 14.9 Å². The van der Waals surface area contributed by atoms with Crippen molar-refractivity contribution in [1.29, 1.82) is 0 Å². The van der Waals surface area contributed by atoms with Gasteiger partial charge in [-0.2, -0.15) is 5.10 Å². The Balaban J connectivity index is 1.51. The number of rotatable bonds is 8. The predicted octanol–water partition coefficient (Wildman–Crippen LogP) is 6.90. The average Bonchev–Trinajstić information content (AvgIpc) is 3.19. The third-order valence-electron chi connectivity index (χ3n) is 4.80. The molecule has 0 radical (unpaired) electrons. The number of nitrogens with zero attached hydrogens (tertiary/aromatic N) is 2. The van der Waals surface area contributed by atoms with Crippen molar-refractivity contribution < 1.29 is 9.47 Å². The highest BCUT2D eigenvalue weighted by Gasteiger charge is 2.14. The lowest BCUT2D eigenvalue weighted by Gasteiger charge is -2.16. The van der Waals surface area contributed by atoms with Crippen LogP contribution in [0.3, 0.4) is 0 Å². The van der Waals surface area contributed by atoms with E-state index in [1.54, 1.807) is 23.9 Å². The molecule has 0 atom stereocenters.